The molecule has 0 bridgehead atoms. The molecule has 5 saturated heterocycles. The Hall–Kier alpha value is -2.31. The van der Waals surface area contributed by atoms with Crippen LogP contribution < -0.4 is 16.0 Å². The highest BCUT2D eigenvalue weighted by atomic mass is 16.8. The van der Waals surface area contributed by atoms with E-state index >= 15 is 0 Å². The number of ether oxygens (including phenoxy) is 9. The Morgan fingerprint density at radius 1 is 0.368 bits per heavy atom. The second kappa shape index (κ2) is 19.4. The molecule has 3 amide bonds. The highest BCUT2D eigenvalue weighted by Crippen LogP contribution is 2.36. The van der Waals surface area contributed by atoms with Gasteiger partial charge < -0.3 is 105 Å². The van der Waals surface area contributed by atoms with Crippen molar-refractivity contribution in [2.24, 2.45) is 0 Å². The maximum Gasteiger partial charge on any atom is 0.207 e. The van der Waals surface area contributed by atoms with E-state index in [1.807, 2.05) is 0 Å². The lowest BCUT2D eigenvalue weighted by molar-refractivity contribution is -0.402. The van der Waals surface area contributed by atoms with E-state index in [9.17, 15) is 60.3 Å². The fraction of sp³-hybridized carbons (Fsp3) is 0.909. The van der Waals surface area contributed by atoms with Crippen LogP contribution in [-0.2, 0) is 57.0 Å². The lowest BCUT2D eigenvalue weighted by Crippen LogP contribution is -2.69. The molecular weight excluding hydrogens is 774 g/mol. The van der Waals surface area contributed by atoms with Crippen LogP contribution in [0, 0.1) is 0 Å². The molecule has 12 N–H and O–H groups in total. The van der Waals surface area contributed by atoms with Gasteiger partial charge in [-0.05, 0) is 34.6 Å². The molecule has 5 aliphatic rings. The van der Waals surface area contributed by atoms with Crippen LogP contribution in [0.3, 0.4) is 0 Å². The Morgan fingerprint density at radius 2 is 0.684 bits per heavy atom. The van der Waals surface area contributed by atoms with Gasteiger partial charge in [0.05, 0.1) is 48.6 Å². The second-order valence-corrected chi connectivity index (χ2v) is 14.8. The molecule has 5 rings (SSSR count). The number of amides is 3. The van der Waals surface area contributed by atoms with Gasteiger partial charge >= 0.3 is 0 Å². The molecule has 24 nitrogen and oxygen atoms in total. The Morgan fingerprint density at radius 3 is 1.12 bits per heavy atom. The number of aliphatic hydroxyl groups excluding tert-OH is 9. The smallest absolute Gasteiger partial charge is 0.207 e. The van der Waals surface area contributed by atoms with Crippen LogP contribution in [0.15, 0.2) is 0 Å². The van der Waals surface area contributed by atoms with Crippen molar-refractivity contribution >= 4 is 19.2 Å². The largest absolute Gasteiger partial charge is 0.388 e. The van der Waals surface area contributed by atoms with Crippen LogP contribution in [0.5, 0.6) is 0 Å². The average Bonchev–Trinajstić information content (AvgIpc) is 3.16. The van der Waals surface area contributed by atoms with Gasteiger partial charge in [0, 0.05) is 0 Å². The van der Waals surface area contributed by atoms with Gasteiger partial charge in [0.15, 0.2) is 31.5 Å². The summed E-state index contributed by atoms with van der Waals surface area (Å²) in [5.74, 6) is 0. The lowest BCUT2D eigenvalue weighted by Gasteiger charge is -2.50. The Kier molecular flexibility index (Phi) is 15.6. The van der Waals surface area contributed by atoms with Crippen LogP contribution in [0.25, 0.3) is 0 Å². The van der Waals surface area contributed by atoms with Crippen molar-refractivity contribution in [3.8, 4) is 0 Å². The first-order chi connectivity index (χ1) is 26.9. The number of rotatable bonds is 14. The zero-order chi connectivity index (χ0) is 42.0. The number of carbonyl (C=O) groups is 3. The molecule has 0 aromatic heterocycles. The maximum atomic E-state index is 11.7. The highest BCUT2D eigenvalue weighted by Gasteiger charge is 2.56. The van der Waals surface area contributed by atoms with Crippen LogP contribution in [0.4, 0.5) is 0 Å². The fourth-order valence-electron chi connectivity index (χ4n) is 7.66. The number of hydrogen-bond acceptors (Lipinski definition) is 21. The van der Waals surface area contributed by atoms with E-state index in [1.54, 1.807) is 0 Å². The van der Waals surface area contributed by atoms with Crippen LogP contribution in [0.2, 0.25) is 0 Å². The summed E-state index contributed by atoms with van der Waals surface area (Å²) in [6.07, 6.45) is -33.5. The number of hydrogen-bond donors (Lipinski definition) is 12. The second-order valence-electron chi connectivity index (χ2n) is 14.8. The van der Waals surface area contributed by atoms with Crippen molar-refractivity contribution in [1.29, 1.82) is 0 Å². The van der Waals surface area contributed by atoms with Gasteiger partial charge in [0.25, 0.3) is 0 Å². The van der Waals surface area contributed by atoms with Crippen molar-refractivity contribution in [2.45, 2.75) is 188 Å². The van der Waals surface area contributed by atoms with Crippen molar-refractivity contribution in [1.82, 2.24) is 16.0 Å². The Labute approximate surface area is 326 Å². The minimum Gasteiger partial charge on any atom is -0.388 e. The summed E-state index contributed by atoms with van der Waals surface area (Å²) >= 11 is 0. The molecule has 5 aliphatic heterocycles. The summed E-state index contributed by atoms with van der Waals surface area (Å²) in [6, 6.07) is -3.31. The molecule has 0 aromatic carbocycles. The first kappa shape index (κ1) is 45.8. The van der Waals surface area contributed by atoms with Gasteiger partial charge in [0.2, 0.25) is 19.2 Å². The molecule has 5 heterocycles. The summed E-state index contributed by atoms with van der Waals surface area (Å²) in [4.78, 5) is 33.9. The standard InChI is InChI=1S/C33H55N3O21/c1-9-15(35-7-38)20(43)25(29(48)49-9)54-32-28(23(46)18(41)12(4)52-32)57-31-26(21(44)16(36-8-39)11(3)51-31)56-33-27(22(45)17(40)13(5)53-33)55-30-24(47)19(42)14(34-6-37)10(2)50-30/h6-33,40-48H,1-5H3,(H,34,37)(H,35,38)(H,36,39)/t9-,10-,11-,12-,13-,14-,15-,16-,17-,18-,19+,20+,21+,22+,23+,24+,25+,26+,27+,28+,29?,30-,31-,32-,33-/m1/s1. The molecule has 0 radical (unpaired) electrons. The minimum atomic E-state index is -1.84. The molecule has 328 valence electrons. The predicted molar refractivity (Wildman–Crippen MR) is 180 cm³/mol. The number of carbonyl (C=O) groups excluding carboxylic acids is 3. The summed E-state index contributed by atoms with van der Waals surface area (Å²) in [7, 11) is 0. The van der Waals surface area contributed by atoms with Crippen molar-refractivity contribution < 1.29 is 103 Å². The molecule has 1 unspecified atom stereocenters. The number of aliphatic hydroxyl groups is 9. The van der Waals surface area contributed by atoms with E-state index in [-0.39, 0.29) is 6.41 Å². The zero-order valence-electron chi connectivity index (χ0n) is 31.6. The van der Waals surface area contributed by atoms with Crippen LogP contribution >= 0.6 is 0 Å². The van der Waals surface area contributed by atoms with Crippen LogP contribution in [-0.4, -0.2) is 219 Å². The van der Waals surface area contributed by atoms with Gasteiger partial charge in [-0.2, -0.15) is 0 Å². The fourth-order valence-corrected chi connectivity index (χ4v) is 7.66. The van der Waals surface area contributed by atoms with Crippen LogP contribution in [0.1, 0.15) is 34.6 Å². The summed E-state index contributed by atoms with van der Waals surface area (Å²) in [5.41, 5.74) is 0. The summed E-state index contributed by atoms with van der Waals surface area (Å²) in [5, 5.41) is 106. The monoisotopic (exact) mass is 829 g/mol. The SMILES string of the molecule is C[C@H]1O[C@H](O[C@@H]2[C@@H](O[C@@H]3[C@@H](O[C@@H]4C(O)O[C@H](C)[C@@H](NC=O)[C@@H]4O)O[C@H](C)[C@@H](O)[C@@H]3O)O[C@H](C)[C@@H](NC=O)[C@@H]2O)[C@@H](O[C@H]2O[C@H](C)[C@@H](NC=O)[C@H](O)[C@@H]2O)[C@@H](O)[C@@H]1O. The topological polar surface area (TPSA) is 352 Å². The van der Waals surface area contributed by atoms with E-state index in [4.69, 9.17) is 42.6 Å². The number of nitrogens with one attached hydrogen (secondary N) is 3. The third-order valence-corrected chi connectivity index (χ3v) is 11.0. The van der Waals surface area contributed by atoms with E-state index in [0.29, 0.717) is 12.8 Å². The molecular formula is C33H55N3O21. The summed E-state index contributed by atoms with van der Waals surface area (Å²) in [6.45, 7) is 7.17. The van der Waals surface area contributed by atoms with Gasteiger partial charge in [-0.25, -0.2) is 0 Å². The van der Waals surface area contributed by atoms with Crippen molar-refractivity contribution in [3.05, 3.63) is 0 Å². The van der Waals surface area contributed by atoms with Crippen molar-refractivity contribution in [3.63, 3.8) is 0 Å². The quantitative estimate of drug-likeness (QED) is 0.0724. The van der Waals surface area contributed by atoms with Gasteiger partial charge in [-0.1, -0.05) is 0 Å². The third kappa shape index (κ3) is 9.53. The van der Waals surface area contributed by atoms with E-state index < -0.39 is 153 Å². The first-order valence-electron chi connectivity index (χ1n) is 18.6. The third-order valence-electron chi connectivity index (χ3n) is 11.0. The Balaban J connectivity index is 1.44. The molecule has 0 saturated carbocycles. The maximum absolute atomic E-state index is 11.7. The lowest BCUT2D eigenvalue weighted by atomic mass is 9.94. The van der Waals surface area contributed by atoms with Gasteiger partial charge in [-0.3, -0.25) is 14.4 Å². The van der Waals surface area contributed by atoms with E-state index in [0.717, 1.165) is 0 Å². The van der Waals surface area contributed by atoms with Gasteiger partial charge in [0.1, 0.15) is 73.2 Å². The molecule has 25 atom stereocenters. The molecule has 0 aliphatic carbocycles. The van der Waals surface area contributed by atoms with E-state index in [2.05, 4.69) is 16.0 Å². The average molecular weight is 830 g/mol. The molecule has 5 fully saturated rings. The van der Waals surface area contributed by atoms with Gasteiger partial charge in [-0.15, -0.1) is 0 Å². The molecule has 0 aromatic rings. The zero-order valence-corrected chi connectivity index (χ0v) is 31.6. The predicted octanol–water partition coefficient (Wildman–Crippen LogP) is -7.53. The highest BCUT2D eigenvalue weighted by molar-refractivity contribution is 5.48. The first-order valence-corrected chi connectivity index (χ1v) is 18.6. The molecule has 24 heteroatoms. The van der Waals surface area contributed by atoms with Crippen molar-refractivity contribution in [2.75, 3.05) is 0 Å². The normalized spacial score (nSPS) is 52.0. The van der Waals surface area contributed by atoms with E-state index in [1.165, 1.54) is 34.6 Å². The minimum absolute atomic E-state index is 0.287. The molecule has 0 spiro atoms. The Bertz CT molecular complexity index is 1330. The molecule has 57 heavy (non-hydrogen) atoms. The summed E-state index contributed by atoms with van der Waals surface area (Å²) < 4.78 is 52.9.